The summed E-state index contributed by atoms with van der Waals surface area (Å²) in [5.41, 5.74) is 0.711. The molecular formula is C13H15N3O2. The van der Waals surface area contributed by atoms with E-state index in [0.29, 0.717) is 5.69 Å². The van der Waals surface area contributed by atoms with Crippen molar-refractivity contribution in [1.29, 1.82) is 0 Å². The Bertz CT molecular complexity index is 548. The predicted octanol–water partition coefficient (Wildman–Crippen LogP) is 0.979. The summed E-state index contributed by atoms with van der Waals surface area (Å²) in [6, 6.07) is 5.62. The van der Waals surface area contributed by atoms with Gasteiger partial charge in [-0.25, -0.2) is 4.98 Å². The molecule has 0 saturated heterocycles. The standard InChI is InChI=1S/C13H15N3O2/c17-9-13(5-3-6-13)15-12(18)10-8-16-7-2-1-4-11(16)14-10/h1-2,4,7-8,17H,3,5-6,9H2,(H,15,18). The number of rotatable bonds is 3. The highest BCUT2D eigenvalue weighted by atomic mass is 16.3. The van der Waals surface area contributed by atoms with Gasteiger partial charge < -0.3 is 14.8 Å². The number of nitrogens with one attached hydrogen (secondary N) is 1. The monoisotopic (exact) mass is 245 g/mol. The minimum atomic E-state index is -0.424. The minimum Gasteiger partial charge on any atom is -0.394 e. The number of carbonyl (C=O) groups excluding carboxylic acids is 1. The van der Waals surface area contributed by atoms with Gasteiger partial charge in [0.1, 0.15) is 11.3 Å². The quantitative estimate of drug-likeness (QED) is 0.847. The molecule has 94 valence electrons. The average Bonchev–Trinajstić information content (AvgIpc) is 2.77. The Morgan fingerprint density at radius 2 is 2.33 bits per heavy atom. The van der Waals surface area contributed by atoms with Crippen LogP contribution < -0.4 is 5.32 Å². The number of fused-ring (bicyclic) bond motifs is 1. The summed E-state index contributed by atoms with van der Waals surface area (Å²) >= 11 is 0. The van der Waals surface area contributed by atoms with Gasteiger partial charge in [-0.2, -0.15) is 0 Å². The summed E-state index contributed by atoms with van der Waals surface area (Å²) in [6.07, 6.45) is 6.27. The lowest BCUT2D eigenvalue weighted by Crippen LogP contribution is -2.56. The van der Waals surface area contributed by atoms with Crippen molar-refractivity contribution in [2.75, 3.05) is 6.61 Å². The number of pyridine rings is 1. The van der Waals surface area contributed by atoms with Crippen LogP contribution in [-0.2, 0) is 0 Å². The molecule has 1 aliphatic rings. The van der Waals surface area contributed by atoms with E-state index in [1.165, 1.54) is 0 Å². The first-order valence-corrected chi connectivity index (χ1v) is 6.10. The van der Waals surface area contributed by atoms with Crippen LogP contribution in [0.1, 0.15) is 29.8 Å². The third-order valence-electron chi connectivity index (χ3n) is 3.59. The number of aliphatic hydroxyl groups is 1. The van der Waals surface area contributed by atoms with Crippen LogP contribution in [0.2, 0.25) is 0 Å². The number of carbonyl (C=O) groups is 1. The van der Waals surface area contributed by atoms with Crippen LogP contribution in [0.4, 0.5) is 0 Å². The maximum absolute atomic E-state index is 12.1. The Balaban J connectivity index is 1.83. The Labute approximate surface area is 104 Å². The van der Waals surface area contributed by atoms with Crippen molar-refractivity contribution in [3.63, 3.8) is 0 Å². The van der Waals surface area contributed by atoms with Crippen LogP contribution in [0.15, 0.2) is 30.6 Å². The van der Waals surface area contributed by atoms with Crippen LogP contribution in [-0.4, -0.2) is 32.5 Å². The highest BCUT2D eigenvalue weighted by Gasteiger charge is 2.38. The predicted molar refractivity (Wildman–Crippen MR) is 66.3 cm³/mol. The molecule has 1 amide bonds. The fraction of sp³-hybridized carbons (Fsp3) is 0.385. The summed E-state index contributed by atoms with van der Waals surface area (Å²) in [6.45, 7) is -0.00783. The van der Waals surface area contributed by atoms with Crippen molar-refractivity contribution in [2.24, 2.45) is 0 Å². The van der Waals surface area contributed by atoms with Crippen molar-refractivity contribution in [3.05, 3.63) is 36.3 Å². The summed E-state index contributed by atoms with van der Waals surface area (Å²) in [7, 11) is 0. The van der Waals surface area contributed by atoms with Gasteiger partial charge in [0.2, 0.25) is 0 Å². The van der Waals surface area contributed by atoms with Gasteiger partial charge in [0.15, 0.2) is 0 Å². The van der Waals surface area contributed by atoms with E-state index in [2.05, 4.69) is 10.3 Å². The van der Waals surface area contributed by atoms with Gasteiger partial charge in [0, 0.05) is 12.4 Å². The largest absolute Gasteiger partial charge is 0.394 e. The summed E-state index contributed by atoms with van der Waals surface area (Å²) in [5, 5.41) is 12.2. The van der Waals surface area contributed by atoms with E-state index < -0.39 is 5.54 Å². The summed E-state index contributed by atoms with van der Waals surface area (Å²) < 4.78 is 1.81. The molecule has 1 fully saturated rings. The van der Waals surface area contributed by atoms with Crippen LogP contribution in [0, 0.1) is 0 Å². The van der Waals surface area contributed by atoms with Crippen molar-refractivity contribution in [1.82, 2.24) is 14.7 Å². The molecule has 0 aliphatic heterocycles. The smallest absolute Gasteiger partial charge is 0.272 e. The van der Waals surface area contributed by atoms with Gasteiger partial charge in [-0.3, -0.25) is 4.79 Å². The second kappa shape index (κ2) is 4.10. The Morgan fingerprint density at radius 1 is 1.50 bits per heavy atom. The Hall–Kier alpha value is -1.88. The molecule has 1 saturated carbocycles. The fourth-order valence-corrected chi connectivity index (χ4v) is 2.28. The first-order chi connectivity index (χ1) is 8.72. The van der Waals surface area contributed by atoms with Gasteiger partial charge in [0.05, 0.1) is 12.1 Å². The number of hydrogen-bond donors (Lipinski definition) is 2. The van der Waals surface area contributed by atoms with Crippen LogP contribution in [0.25, 0.3) is 5.65 Å². The molecule has 2 aromatic heterocycles. The van der Waals surface area contributed by atoms with Gasteiger partial charge in [0.25, 0.3) is 5.91 Å². The molecule has 0 unspecified atom stereocenters. The van der Waals surface area contributed by atoms with Crippen LogP contribution in [0.5, 0.6) is 0 Å². The van der Waals surface area contributed by atoms with E-state index in [-0.39, 0.29) is 12.5 Å². The van der Waals surface area contributed by atoms with Crippen molar-refractivity contribution < 1.29 is 9.90 Å². The number of hydrogen-bond acceptors (Lipinski definition) is 3. The van der Waals surface area contributed by atoms with Crippen molar-refractivity contribution in [2.45, 2.75) is 24.8 Å². The lowest BCUT2D eigenvalue weighted by atomic mass is 9.77. The zero-order valence-electron chi connectivity index (χ0n) is 9.97. The van der Waals surface area contributed by atoms with E-state index >= 15 is 0 Å². The second-order valence-corrected chi connectivity index (χ2v) is 4.84. The highest BCUT2D eigenvalue weighted by Crippen LogP contribution is 2.31. The Kier molecular flexibility index (Phi) is 2.56. The summed E-state index contributed by atoms with van der Waals surface area (Å²) in [4.78, 5) is 16.3. The molecule has 1 aliphatic carbocycles. The average molecular weight is 245 g/mol. The SMILES string of the molecule is O=C(NC1(CO)CCC1)c1cn2ccccc2n1. The van der Waals surface area contributed by atoms with Crippen LogP contribution in [0.3, 0.4) is 0 Å². The number of nitrogens with zero attached hydrogens (tertiary/aromatic N) is 2. The van der Waals surface area contributed by atoms with E-state index in [0.717, 1.165) is 24.9 Å². The molecule has 0 atom stereocenters. The van der Waals surface area contributed by atoms with Gasteiger partial charge in [-0.1, -0.05) is 6.07 Å². The van der Waals surface area contributed by atoms with Crippen molar-refractivity contribution in [3.8, 4) is 0 Å². The van der Waals surface area contributed by atoms with E-state index in [1.807, 2.05) is 24.4 Å². The molecule has 2 N–H and O–H groups in total. The number of amides is 1. The summed E-state index contributed by atoms with van der Waals surface area (Å²) in [5.74, 6) is -0.215. The van der Waals surface area contributed by atoms with Gasteiger partial charge >= 0.3 is 0 Å². The van der Waals surface area contributed by atoms with Gasteiger partial charge in [-0.15, -0.1) is 0 Å². The first-order valence-electron chi connectivity index (χ1n) is 6.10. The van der Waals surface area contributed by atoms with Crippen molar-refractivity contribution >= 4 is 11.6 Å². The number of aromatic nitrogens is 2. The molecule has 0 radical (unpaired) electrons. The maximum atomic E-state index is 12.1. The molecule has 0 bridgehead atoms. The molecule has 18 heavy (non-hydrogen) atoms. The fourth-order valence-electron chi connectivity index (χ4n) is 2.28. The zero-order chi connectivity index (χ0) is 12.6. The second-order valence-electron chi connectivity index (χ2n) is 4.84. The molecule has 5 heteroatoms. The zero-order valence-corrected chi connectivity index (χ0v) is 9.97. The molecule has 0 aromatic carbocycles. The molecular weight excluding hydrogens is 230 g/mol. The lowest BCUT2D eigenvalue weighted by Gasteiger charge is -2.40. The molecule has 2 heterocycles. The van der Waals surface area contributed by atoms with Gasteiger partial charge in [-0.05, 0) is 31.4 Å². The normalized spacial score (nSPS) is 17.4. The Morgan fingerprint density at radius 3 is 2.94 bits per heavy atom. The lowest BCUT2D eigenvalue weighted by molar-refractivity contribution is 0.0638. The third-order valence-corrected chi connectivity index (χ3v) is 3.59. The molecule has 3 rings (SSSR count). The molecule has 0 spiro atoms. The topological polar surface area (TPSA) is 66.6 Å². The van der Waals surface area contributed by atoms with E-state index in [9.17, 15) is 9.90 Å². The number of aliphatic hydroxyl groups excluding tert-OH is 1. The van der Waals surface area contributed by atoms with E-state index in [4.69, 9.17) is 0 Å². The van der Waals surface area contributed by atoms with Crippen LogP contribution >= 0.6 is 0 Å². The first kappa shape index (κ1) is 11.2. The molecule has 5 nitrogen and oxygen atoms in total. The molecule has 2 aromatic rings. The minimum absolute atomic E-state index is 0.00783. The van der Waals surface area contributed by atoms with E-state index in [1.54, 1.807) is 10.6 Å². The highest BCUT2D eigenvalue weighted by molar-refractivity contribution is 5.93. The number of imidazole rings is 1. The maximum Gasteiger partial charge on any atom is 0.272 e. The third kappa shape index (κ3) is 1.76.